The van der Waals surface area contributed by atoms with E-state index in [4.69, 9.17) is 16.9 Å². The standard InChI is InChI=1S/C13H19N5/c1-9-11(10-5-3-2-4-6-10)7-8-18(9)13(16)17-12(14)15/h2-6,9,11H,7-8H2,1H3,(H5,14,15,16,17). The number of hydrogen-bond donors (Lipinski definition) is 3. The van der Waals surface area contributed by atoms with Crippen LogP contribution in [0.4, 0.5) is 0 Å². The molecular formula is C13H19N5. The number of hydrogen-bond acceptors (Lipinski definition) is 1. The van der Waals surface area contributed by atoms with Gasteiger partial charge in [0.2, 0.25) is 5.96 Å². The Bertz CT molecular complexity index is 450. The molecule has 1 aliphatic heterocycles. The summed E-state index contributed by atoms with van der Waals surface area (Å²) in [7, 11) is 0. The van der Waals surface area contributed by atoms with Crippen LogP contribution in [-0.4, -0.2) is 29.4 Å². The Kier molecular flexibility index (Phi) is 3.50. The van der Waals surface area contributed by atoms with Crippen LogP contribution < -0.4 is 11.5 Å². The Morgan fingerprint density at radius 1 is 1.33 bits per heavy atom. The maximum absolute atomic E-state index is 7.88. The first-order valence-electron chi connectivity index (χ1n) is 6.09. The fraction of sp³-hybridized carbons (Fsp3) is 0.385. The second-order valence-electron chi connectivity index (χ2n) is 4.60. The quantitative estimate of drug-likeness (QED) is 0.510. The fourth-order valence-electron chi connectivity index (χ4n) is 2.57. The smallest absolute Gasteiger partial charge is 0.221 e. The topological polar surface area (TPSA) is 91.5 Å². The van der Waals surface area contributed by atoms with Crippen molar-refractivity contribution in [3.63, 3.8) is 0 Å². The minimum Gasteiger partial charge on any atom is -0.370 e. The SMILES string of the molecule is CC1C(c2ccccc2)CCN1C(=N)N=C(N)N. The molecule has 1 saturated heterocycles. The first-order valence-corrected chi connectivity index (χ1v) is 6.09. The summed E-state index contributed by atoms with van der Waals surface area (Å²) in [6.45, 7) is 2.93. The van der Waals surface area contributed by atoms with Gasteiger partial charge in [-0.15, -0.1) is 0 Å². The van der Waals surface area contributed by atoms with Gasteiger partial charge in [-0.1, -0.05) is 30.3 Å². The molecule has 2 unspecified atom stereocenters. The average Bonchev–Trinajstić information content (AvgIpc) is 2.71. The van der Waals surface area contributed by atoms with Crippen molar-refractivity contribution in [3.8, 4) is 0 Å². The second kappa shape index (κ2) is 5.08. The van der Waals surface area contributed by atoms with E-state index in [1.54, 1.807) is 0 Å². The summed E-state index contributed by atoms with van der Waals surface area (Å²) < 4.78 is 0. The van der Waals surface area contributed by atoms with Gasteiger partial charge in [0.15, 0.2) is 5.96 Å². The highest BCUT2D eigenvalue weighted by Crippen LogP contribution is 2.33. The van der Waals surface area contributed by atoms with Gasteiger partial charge in [0.25, 0.3) is 0 Å². The predicted molar refractivity (Wildman–Crippen MR) is 73.5 cm³/mol. The summed E-state index contributed by atoms with van der Waals surface area (Å²) in [5, 5.41) is 7.88. The summed E-state index contributed by atoms with van der Waals surface area (Å²) in [5.41, 5.74) is 11.9. The second-order valence-corrected chi connectivity index (χ2v) is 4.60. The molecule has 1 fully saturated rings. The molecule has 1 aromatic rings. The highest BCUT2D eigenvalue weighted by molar-refractivity contribution is 5.92. The van der Waals surface area contributed by atoms with Crippen molar-refractivity contribution in [3.05, 3.63) is 35.9 Å². The highest BCUT2D eigenvalue weighted by Gasteiger charge is 2.33. The zero-order valence-electron chi connectivity index (χ0n) is 10.5. The molecule has 0 aliphatic carbocycles. The van der Waals surface area contributed by atoms with Crippen LogP contribution in [-0.2, 0) is 0 Å². The van der Waals surface area contributed by atoms with Crippen LogP contribution in [0.3, 0.4) is 0 Å². The Labute approximate surface area is 107 Å². The number of guanidine groups is 2. The van der Waals surface area contributed by atoms with Crippen molar-refractivity contribution < 1.29 is 0 Å². The van der Waals surface area contributed by atoms with Crippen LogP contribution in [0.5, 0.6) is 0 Å². The molecule has 18 heavy (non-hydrogen) atoms. The molecule has 0 radical (unpaired) electrons. The van der Waals surface area contributed by atoms with Crippen LogP contribution in [0, 0.1) is 5.41 Å². The van der Waals surface area contributed by atoms with Gasteiger partial charge < -0.3 is 16.4 Å². The molecule has 2 rings (SSSR count). The van der Waals surface area contributed by atoms with E-state index < -0.39 is 0 Å². The molecule has 5 heteroatoms. The number of nitrogens with zero attached hydrogens (tertiary/aromatic N) is 2. The van der Waals surface area contributed by atoms with Gasteiger partial charge in [-0.05, 0) is 18.9 Å². The maximum Gasteiger partial charge on any atom is 0.221 e. The number of likely N-dealkylation sites (tertiary alicyclic amines) is 1. The lowest BCUT2D eigenvalue weighted by atomic mass is 9.93. The lowest BCUT2D eigenvalue weighted by Gasteiger charge is -2.25. The first kappa shape index (κ1) is 12.4. The maximum atomic E-state index is 7.88. The average molecular weight is 245 g/mol. The van der Waals surface area contributed by atoms with Gasteiger partial charge in [-0.2, -0.15) is 4.99 Å². The number of benzene rings is 1. The van der Waals surface area contributed by atoms with E-state index in [0.717, 1.165) is 13.0 Å². The summed E-state index contributed by atoms with van der Waals surface area (Å²) in [5.74, 6) is 0.525. The molecule has 0 saturated carbocycles. The molecule has 5 N–H and O–H groups in total. The molecule has 0 aromatic heterocycles. The van der Waals surface area contributed by atoms with E-state index >= 15 is 0 Å². The zero-order chi connectivity index (χ0) is 13.1. The van der Waals surface area contributed by atoms with E-state index in [2.05, 4.69) is 24.0 Å². The van der Waals surface area contributed by atoms with Crippen LogP contribution in [0.1, 0.15) is 24.8 Å². The molecule has 2 atom stereocenters. The Morgan fingerprint density at radius 2 is 2.00 bits per heavy atom. The Balaban J connectivity index is 2.13. The molecular weight excluding hydrogens is 226 g/mol. The molecule has 96 valence electrons. The van der Waals surface area contributed by atoms with Crippen molar-refractivity contribution in [1.29, 1.82) is 5.41 Å². The number of aliphatic imine (C=N–C) groups is 1. The minimum absolute atomic E-state index is 0.0599. The molecule has 1 heterocycles. The number of nitrogens with one attached hydrogen (secondary N) is 1. The summed E-state index contributed by atoms with van der Waals surface area (Å²) >= 11 is 0. The van der Waals surface area contributed by atoms with E-state index in [9.17, 15) is 0 Å². The summed E-state index contributed by atoms with van der Waals surface area (Å²) in [6.07, 6.45) is 1.02. The zero-order valence-corrected chi connectivity index (χ0v) is 10.5. The third-order valence-electron chi connectivity index (χ3n) is 3.49. The van der Waals surface area contributed by atoms with Crippen LogP contribution in [0.15, 0.2) is 35.3 Å². The molecule has 0 amide bonds. The van der Waals surface area contributed by atoms with Gasteiger partial charge in [-0.25, -0.2) is 0 Å². The molecule has 0 spiro atoms. The van der Waals surface area contributed by atoms with Crippen LogP contribution in [0.2, 0.25) is 0 Å². The van der Waals surface area contributed by atoms with Crippen molar-refractivity contribution in [2.45, 2.75) is 25.3 Å². The molecule has 1 aromatic carbocycles. The van der Waals surface area contributed by atoms with Crippen molar-refractivity contribution in [1.82, 2.24) is 4.90 Å². The molecule has 1 aliphatic rings. The van der Waals surface area contributed by atoms with Crippen LogP contribution in [0.25, 0.3) is 0 Å². The largest absolute Gasteiger partial charge is 0.370 e. The van der Waals surface area contributed by atoms with E-state index in [1.165, 1.54) is 5.56 Å². The summed E-state index contributed by atoms with van der Waals surface area (Å²) in [4.78, 5) is 5.76. The minimum atomic E-state index is -0.0599. The van der Waals surface area contributed by atoms with Crippen molar-refractivity contribution in [2.24, 2.45) is 16.5 Å². The van der Waals surface area contributed by atoms with Gasteiger partial charge in [-0.3, -0.25) is 5.41 Å². The number of rotatable bonds is 1. The van der Waals surface area contributed by atoms with Gasteiger partial charge in [0, 0.05) is 18.5 Å². The normalized spacial score (nSPS) is 22.8. The van der Waals surface area contributed by atoms with Gasteiger partial charge in [0.05, 0.1) is 0 Å². The lowest BCUT2D eigenvalue weighted by Crippen LogP contribution is -2.36. The summed E-state index contributed by atoms with van der Waals surface area (Å²) in [6, 6.07) is 10.6. The van der Waals surface area contributed by atoms with Crippen molar-refractivity contribution in [2.75, 3.05) is 6.54 Å². The monoisotopic (exact) mass is 245 g/mol. The third-order valence-corrected chi connectivity index (χ3v) is 3.49. The predicted octanol–water partition coefficient (Wildman–Crippen LogP) is 1.07. The van der Waals surface area contributed by atoms with E-state index in [0.29, 0.717) is 5.92 Å². The lowest BCUT2D eigenvalue weighted by molar-refractivity contribution is 0.390. The molecule has 5 nitrogen and oxygen atoms in total. The van der Waals surface area contributed by atoms with E-state index in [-0.39, 0.29) is 18.0 Å². The first-order chi connectivity index (χ1) is 8.59. The van der Waals surface area contributed by atoms with Gasteiger partial charge >= 0.3 is 0 Å². The fourth-order valence-corrected chi connectivity index (χ4v) is 2.57. The third kappa shape index (κ3) is 2.45. The molecule has 0 bridgehead atoms. The Morgan fingerprint density at radius 3 is 2.61 bits per heavy atom. The number of nitrogens with two attached hydrogens (primary N) is 2. The van der Waals surface area contributed by atoms with Gasteiger partial charge in [0.1, 0.15) is 0 Å². The van der Waals surface area contributed by atoms with E-state index in [1.807, 2.05) is 23.1 Å². The highest BCUT2D eigenvalue weighted by atomic mass is 15.3. The van der Waals surface area contributed by atoms with Crippen molar-refractivity contribution >= 4 is 11.9 Å². The van der Waals surface area contributed by atoms with Crippen LogP contribution >= 0.6 is 0 Å². The Hall–Kier alpha value is -2.04.